The van der Waals surface area contributed by atoms with E-state index in [0.717, 1.165) is 0 Å². The van der Waals surface area contributed by atoms with Crippen LogP contribution in [0.1, 0.15) is 22.0 Å². The number of carboxylic acid groups (broad SMARTS) is 1. The molecule has 2 unspecified atom stereocenters. The molecular weight excluding hydrogens is 238 g/mol. The zero-order chi connectivity index (χ0) is 13.2. The Labute approximate surface area is 93.9 Å². The van der Waals surface area contributed by atoms with Crippen LogP contribution in [-0.4, -0.2) is 33.7 Å². The molecule has 92 valence electrons. The summed E-state index contributed by atoms with van der Waals surface area (Å²) in [6.45, 7) is 0. The van der Waals surface area contributed by atoms with E-state index in [1.807, 2.05) is 0 Å². The Morgan fingerprint density at radius 1 is 1.24 bits per heavy atom. The number of aldehydes is 1. The normalized spacial score (nSPS) is 14.1. The van der Waals surface area contributed by atoms with Gasteiger partial charge in [0, 0.05) is 5.56 Å². The Morgan fingerprint density at radius 2 is 1.82 bits per heavy atom. The van der Waals surface area contributed by atoms with Crippen LogP contribution in [0.15, 0.2) is 12.1 Å². The topological polar surface area (TPSA) is 94.8 Å². The Balaban J connectivity index is 3.19. The number of carbonyl (C=O) groups excluding carboxylic acids is 1. The van der Waals surface area contributed by atoms with Crippen LogP contribution in [0.3, 0.4) is 0 Å². The highest BCUT2D eigenvalue weighted by Gasteiger charge is 2.28. The summed E-state index contributed by atoms with van der Waals surface area (Å²) in [5.74, 6) is -4.08. The molecule has 0 aliphatic heterocycles. The number of hydrogen-bond donors (Lipinski definition) is 3. The number of aliphatic hydroxyl groups is 2. The Morgan fingerprint density at radius 3 is 2.29 bits per heavy atom. The van der Waals surface area contributed by atoms with Crippen LogP contribution in [0, 0.1) is 11.6 Å². The number of halogens is 2. The fourth-order valence-corrected chi connectivity index (χ4v) is 1.20. The second-order valence-electron chi connectivity index (χ2n) is 3.24. The largest absolute Gasteiger partial charge is 0.479 e. The van der Waals surface area contributed by atoms with Gasteiger partial charge in [0.2, 0.25) is 0 Å². The van der Waals surface area contributed by atoms with Gasteiger partial charge in [-0.2, -0.15) is 0 Å². The van der Waals surface area contributed by atoms with Crippen molar-refractivity contribution in [2.45, 2.75) is 12.2 Å². The zero-order valence-corrected chi connectivity index (χ0v) is 8.30. The molecule has 0 aliphatic carbocycles. The molecule has 0 radical (unpaired) electrons. The number of benzene rings is 1. The molecule has 0 saturated heterocycles. The molecule has 1 rings (SSSR count). The van der Waals surface area contributed by atoms with Gasteiger partial charge in [0.1, 0.15) is 17.7 Å². The number of rotatable bonds is 4. The van der Waals surface area contributed by atoms with Crippen molar-refractivity contribution in [2.24, 2.45) is 0 Å². The molecule has 7 heteroatoms. The van der Waals surface area contributed by atoms with Crippen LogP contribution >= 0.6 is 0 Å². The van der Waals surface area contributed by atoms with Gasteiger partial charge in [-0.1, -0.05) is 0 Å². The van der Waals surface area contributed by atoms with Crippen molar-refractivity contribution in [3.8, 4) is 0 Å². The second kappa shape index (κ2) is 4.98. The molecule has 17 heavy (non-hydrogen) atoms. The summed E-state index contributed by atoms with van der Waals surface area (Å²) in [6.07, 6.45) is -4.34. The smallest absolute Gasteiger partial charge is 0.335 e. The third-order valence-electron chi connectivity index (χ3n) is 2.11. The first-order valence-corrected chi connectivity index (χ1v) is 4.41. The van der Waals surface area contributed by atoms with Crippen molar-refractivity contribution in [2.75, 3.05) is 0 Å². The van der Waals surface area contributed by atoms with E-state index in [-0.39, 0.29) is 6.29 Å². The summed E-state index contributed by atoms with van der Waals surface area (Å²) in [4.78, 5) is 20.6. The summed E-state index contributed by atoms with van der Waals surface area (Å²) < 4.78 is 26.4. The van der Waals surface area contributed by atoms with Crippen LogP contribution in [-0.2, 0) is 4.79 Å². The van der Waals surface area contributed by atoms with Gasteiger partial charge in [0.05, 0.1) is 5.56 Å². The average Bonchev–Trinajstić information content (AvgIpc) is 2.29. The third-order valence-corrected chi connectivity index (χ3v) is 2.11. The predicted octanol–water partition coefficient (Wildman–Crippen LogP) is 0.256. The highest BCUT2D eigenvalue weighted by Crippen LogP contribution is 2.23. The molecule has 1 aromatic rings. The summed E-state index contributed by atoms with van der Waals surface area (Å²) in [5.41, 5.74) is -1.30. The lowest BCUT2D eigenvalue weighted by Crippen LogP contribution is -2.28. The molecule has 3 N–H and O–H groups in total. The van der Waals surface area contributed by atoms with Crippen LogP contribution in [0.5, 0.6) is 0 Å². The summed E-state index contributed by atoms with van der Waals surface area (Å²) in [6, 6.07) is 0.978. The van der Waals surface area contributed by atoms with Crippen LogP contribution in [0.2, 0.25) is 0 Å². The molecule has 0 aliphatic rings. The lowest BCUT2D eigenvalue weighted by Gasteiger charge is -2.15. The highest BCUT2D eigenvalue weighted by atomic mass is 19.1. The maximum atomic E-state index is 13.3. The van der Waals surface area contributed by atoms with Gasteiger partial charge < -0.3 is 15.3 Å². The minimum atomic E-state index is -2.29. The zero-order valence-electron chi connectivity index (χ0n) is 8.30. The van der Waals surface area contributed by atoms with Crippen molar-refractivity contribution in [1.82, 2.24) is 0 Å². The summed E-state index contributed by atoms with van der Waals surface area (Å²) in [5, 5.41) is 26.7. The van der Waals surface area contributed by atoms with Crippen molar-refractivity contribution >= 4 is 12.3 Å². The Hall–Kier alpha value is -1.86. The first-order valence-electron chi connectivity index (χ1n) is 4.41. The lowest BCUT2D eigenvalue weighted by molar-refractivity contribution is -0.153. The maximum Gasteiger partial charge on any atom is 0.335 e. The van der Waals surface area contributed by atoms with Crippen LogP contribution in [0.4, 0.5) is 8.78 Å². The summed E-state index contributed by atoms with van der Waals surface area (Å²) >= 11 is 0. The Bertz CT molecular complexity index is 460. The highest BCUT2D eigenvalue weighted by molar-refractivity contribution is 5.76. The molecule has 2 atom stereocenters. The molecule has 0 fully saturated rings. The van der Waals surface area contributed by atoms with Crippen molar-refractivity contribution in [3.05, 3.63) is 34.9 Å². The van der Waals surface area contributed by atoms with E-state index in [1.165, 1.54) is 0 Å². The average molecular weight is 246 g/mol. The number of hydrogen-bond acceptors (Lipinski definition) is 4. The molecule has 0 bridgehead atoms. The first-order chi connectivity index (χ1) is 7.88. The lowest BCUT2D eigenvalue weighted by atomic mass is 10.0. The Kier molecular flexibility index (Phi) is 3.87. The number of aliphatic carboxylic acids is 1. The minimum Gasteiger partial charge on any atom is -0.479 e. The predicted molar refractivity (Wildman–Crippen MR) is 50.3 cm³/mol. The number of carboxylic acids is 1. The van der Waals surface area contributed by atoms with E-state index in [2.05, 4.69) is 0 Å². The molecule has 0 spiro atoms. The van der Waals surface area contributed by atoms with Gasteiger partial charge in [-0.3, -0.25) is 4.79 Å². The maximum absolute atomic E-state index is 13.3. The molecular formula is C10H8F2O5. The monoisotopic (exact) mass is 246 g/mol. The summed E-state index contributed by atoms with van der Waals surface area (Å²) in [7, 11) is 0. The van der Waals surface area contributed by atoms with Gasteiger partial charge >= 0.3 is 5.97 Å². The fourth-order valence-electron chi connectivity index (χ4n) is 1.20. The molecule has 1 aromatic carbocycles. The van der Waals surface area contributed by atoms with Crippen molar-refractivity contribution in [3.63, 3.8) is 0 Å². The van der Waals surface area contributed by atoms with Gasteiger partial charge in [-0.15, -0.1) is 0 Å². The van der Waals surface area contributed by atoms with E-state index in [9.17, 15) is 23.5 Å². The van der Waals surface area contributed by atoms with E-state index in [0.29, 0.717) is 12.1 Å². The van der Waals surface area contributed by atoms with Crippen LogP contribution < -0.4 is 0 Å². The number of carbonyl (C=O) groups is 2. The second-order valence-corrected chi connectivity index (χ2v) is 3.24. The van der Waals surface area contributed by atoms with Crippen molar-refractivity contribution in [1.29, 1.82) is 0 Å². The van der Waals surface area contributed by atoms with Gasteiger partial charge in [0.25, 0.3) is 0 Å². The van der Waals surface area contributed by atoms with Crippen LogP contribution in [0.25, 0.3) is 0 Å². The molecule has 0 heterocycles. The molecule has 0 saturated carbocycles. The van der Waals surface area contributed by atoms with Gasteiger partial charge in [-0.25, -0.2) is 13.6 Å². The number of aliphatic hydroxyl groups excluding tert-OH is 2. The van der Waals surface area contributed by atoms with Gasteiger partial charge in [-0.05, 0) is 12.1 Å². The third kappa shape index (κ3) is 2.63. The van der Waals surface area contributed by atoms with Gasteiger partial charge in [0.15, 0.2) is 12.4 Å². The van der Waals surface area contributed by atoms with E-state index >= 15 is 0 Å². The van der Waals surface area contributed by atoms with E-state index in [1.54, 1.807) is 0 Å². The molecule has 5 nitrogen and oxygen atoms in total. The quantitative estimate of drug-likeness (QED) is 0.662. The minimum absolute atomic E-state index is 0.0716. The molecule has 0 aromatic heterocycles. The van der Waals surface area contributed by atoms with Crippen molar-refractivity contribution < 1.29 is 33.7 Å². The van der Waals surface area contributed by atoms with E-state index < -0.39 is 40.9 Å². The standard InChI is InChI=1S/C10H8F2O5/c11-6-2-5(7(12)1-4(6)3-13)8(14)9(15)10(16)17/h1-3,8-9,14-15H,(H,16,17). The fraction of sp³-hybridized carbons (Fsp3) is 0.200. The SMILES string of the molecule is O=Cc1cc(F)c(C(O)C(O)C(=O)O)cc1F. The van der Waals surface area contributed by atoms with E-state index in [4.69, 9.17) is 10.2 Å². The first kappa shape index (κ1) is 13.2. The molecule has 0 amide bonds.